The van der Waals surface area contributed by atoms with Crippen LogP contribution in [0.1, 0.15) is 16.7 Å². The number of ether oxygens (including phenoxy) is 1. The quantitative estimate of drug-likeness (QED) is 0.180. The lowest BCUT2D eigenvalue weighted by atomic mass is 10.0. The molecular formula is C28H23ClN2O7S. The Bertz CT molecular complexity index is 1630. The maximum Gasteiger partial charge on any atom is 0.339 e. The van der Waals surface area contributed by atoms with Gasteiger partial charge in [-0.25, -0.2) is 9.69 Å². The minimum absolute atomic E-state index is 0.0441. The van der Waals surface area contributed by atoms with Gasteiger partial charge in [0, 0.05) is 10.6 Å². The van der Waals surface area contributed by atoms with Crippen LogP contribution in [-0.4, -0.2) is 33.4 Å². The third-order valence-electron chi connectivity index (χ3n) is 5.79. The van der Waals surface area contributed by atoms with Crippen molar-refractivity contribution in [3.05, 3.63) is 101 Å². The summed E-state index contributed by atoms with van der Waals surface area (Å²) in [4.78, 5) is 39.3. The number of amides is 4. The van der Waals surface area contributed by atoms with Crippen LogP contribution in [0.5, 0.6) is 11.5 Å². The van der Waals surface area contributed by atoms with Gasteiger partial charge in [-0.05, 0) is 66.9 Å². The molecule has 0 saturated carbocycles. The average molecular weight is 567 g/mol. The van der Waals surface area contributed by atoms with Crippen LogP contribution in [-0.2, 0) is 26.1 Å². The van der Waals surface area contributed by atoms with Crippen LogP contribution in [0.4, 0.5) is 10.5 Å². The Labute approximate surface area is 230 Å². The fourth-order valence-electron chi connectivity index (χ4n) is 3.84. The molecule has 0 aromatic heterocycles. The van der Waals surface area contributed by atoms with Crippen LogP contribution in [0, 0.1) is 6.92 Å². The van der Waals surface area contributed by atoms with E-state index in [1.807, 2.05) is 0 Å². The van der Waals surface area contributed by atoms with Crippen molar-refractivity contribution in [2.24, 2.45) is 0 Å². The van der Waals surface area contributed by atoms with E-state index in [1.165, 1.54) is 55.7 Å². The number of halogens is 1. The number of methoxy groups -OCH3 is 1. The molecule has 0 atom stereocenters. The minimum atomic E-state index is -4.20. The first kappa shape index (κ1) is 27.6. The monoisotopic (exact) mass is 566 g/mol. The summed E-state index contributed by atoms with van der Waals surface area (Å²) in [5.74, 6) is -1.77. The highest BCUT2D eigenvalue weighted by molar-refractivity contribution is 7.87. The maximum absolute atomic E-state index is 13.3. The first-order valence-corrected chi connectivity index (χ1v) is 13.3. The van der Waals surface area contributed by atoms with Crippen LogP contribution in [0.25, 0.3) is 6.08 Å². The van der Waals surface area contributed by atoms with Crippen molar-refractivity contribution >= 4 is 51.3 Å². The molecule has 1 saturated heterocycles. The highest BCUT2D eigenvalue weighted by atomic mass is 35.5. The van der Waals surface area contributed by atoms with Gasteiger partial charge in [-0.2, -0.15) is 8.42 Å². The Balaban J connectivity index is 1.77. The molecule has 1 heterocycles. The van der Waals surface area contributed by atoms with Gasteiger partial charge in [0.15, 0.2) is 11.5 Å². The first-order valence-electron chi connectivity index (χ1n) is 11.5. The predicted molar refractivity (Wildman–Crippen MR) is 146 cm³/mol. The fourth-order valence-corrected chi connectivity index (χ4v) is 5.01. The van der Waals surface area contributed by atoms with E-state index >= 15 is 0 Å². The van der Waals surface area contributed by atoms with Gasteiger partial charge < -0.3 is 8.92 Å². The summed E-state index contributed by atoms with van der Waals surface area (Å²) < 4.78 is 36.7. The van der Waals surface area contributed by atoms with Gasteiger partial charge in [-0.1, -0.05) is 41.9 Å². The molecule has 0 bridgehead atoms. The lowest BCUT2D eigenvalue weighted by molar-refractivity contribution is -0.122. The number of urea groups is 1. The van der Waals surface area contributed by atoms with Crippen molar-refractivity contribution in [3.63, 3.8) is 0 Å². The number of carbonyl (C=O) groups excluding carboxylic acids is 3. The SMILES string of the molecule is C=CCc1cc(/C=C2\C(=O)NC(=O)N(c3ccc(C)c(Cl)c3)C2=O)cc(OC)c1OS(=O)(=O)c1ccccc1. The van der Waals surface area contributed by atoms with E-state index in [0.29, 0.717) is 16.1 Å². The summed E-state index contributed by atoms with van der Waals surface area (Å²) in [6.45, 7) is 5.48. The number of hydrogen-bond donors (Lipinski definition) is 1. The third-order valence-corrected chi connectivity index (χ3v) is 7.43. The summed E-state index contributed by atoms with van der Waals surface area (Å²) in [5, 5.41) is 2.50. The first-order chi connectivity index (χ1) is 18.6. The van der Waals surface area contributed by atoms with Gasteiger partial charge in [0.25, 0.3) is 11.8 Å². The number of anilines is 1. The molecular weight excluding hydrogens is 544 g/mol. The molecule has 11 heteroatoms. The Kier molecular flexibility index (Phi) is 7.89. The fraction of sp³-hybridized carbons (Fsp3) is 0.107. The number of imide groups is 2. The van der Waals surface area contributed by atoms with Crippen molar-refractivity contribution in [1.82, 2.24) is 5.32 Å². The van der Waals surface area contributed by atoms with Crippen molar-refractivity contribution in [1.29, 1.82) is 0 Å². The summed E-state index contributed by atoms with van der Waals surface area (Å²) >= 11 is 6.18. The van der Waals surface area contributed by atoms with Gasteiger partial charge in [-0.3, -0.25) is 14.9 Å². The number of nitrogens with zero attached hydrogens (tertiary/aromatic N) is 1. The molecule has 1 aliphatic heterocycles. The highest BCUT2D eigenvalue weighted by Gasteiger charge is 2.37. The van der Waals surface area contributed by atoms with Crippen LogP contribution >= 0.6 is 11.6 Å². The zero-order chi connectivity index (χ0) is 28.3. The molecule has 9 nitrogen and oxygen atoms in total. The van der Waals surface area contributed by atoms with E-state index in [-0.39, 0.29) is 34.1 Å². The van der Waals surface area contributed by atoms with E-state index in [2.05, 4.69) is 11.9 Å². The summed E-state index contributed by atoms with van der Waals surface area (Å²) in [6.07, 6.45) is 2.99. The van der Waals surface area contributed by atoms with Gasteiger partial charge in [-0.15, -0.1) is 6.58 Å². The lowest BCUT2D eigenvalue weighted by Gasteiger charge is -2.26. The third kappa shape index (κ3) is 5.71. The van der Waals surface area contributed by atoms with Gasteiger partial charge in [0.05, 0.1) is 12.8 Å². The van der Waals surface area contributed by atoms with Gasteiger partial charge in [0.2, 0.25) is 0 Å². The van der Waals surface area contributed by atoms with Crippen LogP contribution in [0.15, 0.2) is 83.8 Å². The number of nitrogens with one attached hydrogen (secondary N) is 1. The molecule has 0 radical (unpaired) electrons. The van der Waals surface area contributed by atoms with Crippen molar-refractivity contribution < 1.29 is 31.7 Å². The molecule has 39 heavy (non-hydrogen) atoms. The van der Waals surface area contributed by atoms with E-state index in [1.54, 1.807) is 31.2 Å². The molecule has 1 aliphatic rings. The molecule has 4 amide bonds. The van der Waals surface area contributed by atoms with E-state index < -0.39 is 28.0 Å². The smallest absolute Gasteiger partial charge is 0.339 e. The maximum atomic E-state index is 13.3. The average Bonchev–Trinajstić information content (AvgIpc) is 2.90. The number of benzene rings is 3. The summed E-state index contributed by atoms with van der Waals surface area (Å²) in [5.41, 5.74) is 1.30. The Morgan fingerprint density at radius 1 is 1.05 bits per heavy atom. The van der Waals surface area contributed by atoms with Crippen LogP contribution in [0.3, 0.4) is 0 Å². The zero-order valence-electron chi connectivity index (χ0n) is 20.9. The Hall–Kier alpha value is -4.41. The van der Waals surface area contributed by atoms with E-state index in [4.69, 9.17) is 20.5 Å². The second-order valence-corrected chi connectivity index (χ2v) is 10.4. The van der Waals surface area contributed by atoms with Crippen molar-refractivity contribution in [2.75, 3.05) is 12.0 Å². The number of aryl methyl sites for hydroxylation is 1. The van der Waals surface area contributed by atoms with Crippen molar-refractivity contribution in [2.45, 2.75) is 18.2 Å². The largest absolute Gasteiger partial charge is 0.493 e. The van der Waals surface area contributed by atoms with E-state index in [9.17, 15) is 22.8 Å². The zero-order valence-corrected chi connectivity index (χ0v) is 22.5. The summed E-state index contributed by atoms with van der Waals surface area (Å²) in [7, 11) is -2.87. The molecule has 1 N–H and O–H groups in total. The molecule has 3 aromatic rings. The summed E-state index contributed by atoms with van der Waals surface area (Å²) in [6, 6.07) is 14.3. The highest BCUT2D eigenvalue weighted by Crippen LogP contribution is 2.37. The number of allylic oxidation sites excluding steroid dienone is 1. The topological polar surface area (TPSA) is 119 Å². The van der Waals surface area contributed by atoms with Crippen molar-refractivity contribution in [3.8, 4) is 11.5 Å². The number of barbiturate groups is 1. The van der Waals surface area contributed by atoms with Gasteiger partial charge in [0.1, 0.15) is 10.5 Å². The molecule has 3 aromatic carbocycles. The second kappa shape index (κ2) is 11.1. The molecule has 4 rings (SSSR count). The molecule has 1 fully saturated rings. The number of carbonyl (C=O) groups is 3. The normalized spacial score (nSPS) is 14.8. The van der Waals surface area contributed by atoms with Gasteiger partial charge >= 0.3 is 16.1 Å². The number of rotatable bonds is 8. The molecule has 0 aliphatic carbocycles. The standard InChI is InChI=1S/C28H23ClN2O7S/c1-4-8-19-13-18(15-24(37-3)25(19)38-39(35,36)21-9-6-5-7-10-21)14-22-26(32)30-28(34)31(27(22)33)20-12-11-17(2)23(29)16-20/h4-7,9-16H,1,8H2,2-3H3,(H,30,32,34)/b22-14+. The molecule has 200 valence electrons. The Morgan fingerprint density at radius 3 is 2.41 bits per heavy atom. The minimum Gasteiger partial charge on any atom is -0.493 e. The predicted octanol–water partition coefficient (Wildman–Crippen LogP) is 4.82. The lowest BCUT2D eigenvalue weighted by Crippen LogP contribution is -2.54. The second-order valence-electron chi connectivity index (χ2n) is 8.45. The number of hydrogen-bond acceptors (Lipinski definition) is 7. The molecule has 0 spiro atoms. The van der Waals surface area contributed by atoms with Crippen LogP contribution < -0.4 is 19.1 Å². The molecule has 0 unspecified atom stereocenters. The van der Waals surface area contributed by atoms with Crippen LogP contribution in [0.2, 0.25) is 5.02 Å². The Morgan fingerprint density at radius 2 is 1.77 bits per heavy atom. The van der Waals surface area contributed by atoms with E-state index in [0.717, 1.165) is 10.5 Å².